The predicted molar refractivity (Wildman–Crippen MR) is 68.1 cm³/mol. The Morgan fingerprint density at radius 1 is 0.933 bits per heavy atom. The van der Waals surface area contributed by atoms with Crippen LogP contribution in [0.1, 0.15) is 60.3 Å². The highest BCUT2D eigenvalue weighted by molar-refractivity contribution is 4.90. The topological polar surface area (TPSA) is 3.24 Å². The quantitative estimate of drug-likeness (QED) is 0.669. The predicted octanol–water partition coefficient (Wildman–Crippen LogP) is 3.93. The normalized spacial score (nSPS) is 24.2. The van der Waals surface area contributed by atoms with E-state index < -0.39 is 0 Å². The lowest BCUT2D eigenvalue weighted by atomic mass is 9.95. The van der Waals surface area contributed by atoms with E-state index in [1.807, 2.05) is 0 Å². The molecule has 1 saturated heterocycles. The summed E-state index contributed by atoms with van der Waals surface area (Å²) in [6.07, 6.45) is 5.76. The molecule has 1 heterocycles. The van der Waals surface area contributed by atoms with Crippen molar-refractivity contribution in [2.45, 2.75) is 66.3 Å². The van der Waals surface area contributed by atoms with E-state index in [1.165, 1.54) is 38.8 Å². The Balaban J connectivity index is 0.000000151. The van der Waals surface area contributed by atoms with E-state index in [2.05, 4.69) is 39.5 Å². The molecule has 0 unspecified atom stereocenters. The molecule has 0 aromatic carbocycles. The lowest BCUT2D eigenvalue weighted by molar-refractivity contribution is 0.276. The lowest BCUT2D eigenvalue weighted by Crippen LogP contribution is -2.26. The van der Waals surface area contributed by atoms with Crippen molar-refractivity contribution >= 4 is 0 Å². The molecule has 15 heavy (non-hydrogen) atoms. The summed E-state index contributed by atoms with van der Waals surface area (Å²) in [7, 11) is 0. The SMILES string of the molecule is CC(C)C1(C)CC1.CC(C)N1CCCC1. The van der Waals surface area contributed by atoms with Gasteiger partial charge in [0.1, 0.15) is 0 Å². The van der Waals surface area contributed by atoms with Crippen LogP contribution in [0.15, 0.2) is 0 Å². The first kappa shape index (κ1) is 13.0. The van der Waals surface area contributed by atoms with Crippen molar-refractivity contribution in [1.82, 2.24) is 4.90 Å². The van der Waals surface area contributed by atoms with Gasteiger partial charge in [-0.25, -0.2) is 0 Å². The van der Waals surface area contributed by atoms with Gasteiger partial charge in [0, 0.05) is 6.04 Å². The summed E-state index contributed by atoms with van der Waals surface area (Å²) in [5, 5.41) is 0. The molecule has 90 valence electrons. The lowest BCUT2D eigenvalue weighted by Gasteiger charge is -2.18. The minimum atomic E-state index is 0.750. The summed E-state index contributed by atoms with van der Waals surface area (Å²) in [6.45, 7) is 14.2. The second-order valence-electron chi connectivity index (χ2n) is 6.15. The van der Waals surface area contributed by atoms with Crippen LogP contribution in [0.25, 0.3) is 0 Å². The molecule has 0 atom stereocenters. The molecule has 1 saturated carbocycles. The van der Waals surface area contributed by atoms with Crippen LogP contribution in [0.2, 0.25) is 0 Å². The molecule has 1 aliphatic heterocycles. The number of rotatable bonds is 2. The molecule has 0 aromatic rings. The molecule has 0 spiro atoms. The zero-order valence-electron chi connectivity index (χ0n) is 11.3. The molecule has 2 rings (SSSR count). The van der Waals surface area contributed by atoms with Gasteiger partial charge >= 0.3 is 0 Å². The molecule has 0 radical (unpaired) electrons. The van der Waals surface area contributed by atoms with Gasteiger partial charge in [0.05, 0.1) is 0 Å². The van der Waals surface area contributed by atoms with Crippen molar-refractivity contribution < 1.29 is 0 Å². The maximum Gasteiger partial charge on any atom is 0.00385 e. The zero-order chi connectivity index (χ0) is 11.5. The van der Waals surface area contributed by atoms with Crippen molar-refractivity contribution in [3.8, 4) is 0 Å². The molecular weight excluding hydrogens is 182 g/mol. The van der Waals surface area contributed by atoms with Gasteiger partial charge in [-0.05, 0) is 64.0 Å². The van der Waals surface area contributed by atoms with Crippen molar-refractivity contribution in [3.63, 3.8) is 0 Å². The fraction of sp³-hybridized carbons (Fsp3) is 1.00. The first-order valence-corrected chi connectivity index (χ1v) is 6.70. The van der Waals surface area contributed by atoms with Gasteiger partial charge in [-0.3, -0.25) is 0 Å². The summed E-state index contributed by atoms with van der Waals surface area (Å²) in [5.41, 5.74) is 0.750. The molecule has 1 heteroatoms. The Morgan fingerprint density at radius 2 is 1.40 bits per heavy atom. The highest BCUT2D eigenvalue weighted by Crippen LogP contribution is 2.50. The summed E-state index contributed by atoms with van der Waals surface area (Å²) < 4.78 is 0. The van der Waals surface area contributed by atoms with Crippen LogP contribution in [0, 0.1) is 11.3 Å². The van der Waals surface area contributed by atoms with Crippen LogP contribution >= 0.6 is 0 Å². The Hall–Kier alpha value is -0.0400. The maximum atomic E-state index is 2.53. The van der Waals surface area contributed by atoms with E-state index in [0.29, 0.717) is 0 Å². The number of hydrogen-bond donors (Lipinski definition) is 0. The third-order valence-corrected chi connectivity index (χ3v) is 4.30. The van der Waals surface area contributed by atoms with E-state index in [-0.39, 0.29) is 0 Å². The standard InChI is InChI=1S/C7H15N.C7H14/c1-7(2)8-5-3-4-6-8;1-6(2)7(3)4-5-7/h7H,3-6H2,1-2H3;6H,4-5H2,1-3H3. The van der Waals surface area contributed by atoms with Crippen molar-refractivity contribution in [2.24, 2.45) is 11.3 Å². The third-order valence-electron chi connectivity index (χ3n) is 4.30. The molecule has 2 aliphatic rings. The number of likely N-dealkylation sites (tertiary alicyclic amines) is 1. The zero-order valence-corrected chi connectivity index (χ0v) is 11.3. The Labute approximate surface area is 96.2 Å². The first-order valence-electron chi connectivity index (χ1n) is 6.70. The molecular formula is C14H29N. The van der Waals surface area contributed by atoms with Crippen LogP contribution in [0.5, 0.6) is 0 Å². The van der Waals surface area contributed by atoms with Crippen molar-refractivity contribution in [3.05, 3.63) is 0 Å². The molecule has 0 bridgehead atoms. The van der Waals surface area contributed by atoms with E-state index in [1.54, 1.807) is 0 Å². The Kier molecular flexibility index (Phi) is 4.64. The van der Waals surface area contributed by atoms with Gasteiger partial charge in [0.25, 0.3) is 0 Å². The van der Waals surface area contributed by atoms with E-state index in [4.69, 9.17) is 0 Å². The Bertz CT molecular complexity index is 174. The second-order valence-corrected chi connectivity index (χ2v) is 6.15. The summed E-state index contributed by atoms with van der Waals surface area (Å²) in [6, 6.07) is 0.775. The molecule has 1 nitrogen and oxygen atoms in total. The van der Waals surface area contributed by atoms with Crippen molar-refractivity contribution in [2.75, 3.05) is 13.1 Å². The first-order chi connectivity index (χ1) is 6.96. The summed E-state index contributed by atoms with van der Waals surface area (Å²) in [4.78, 5) is 2.53. The summed E-state index contributed by atoms with van der Waals surface area (Å²) >= 11 is 0. The van der Waals surface area contributed by atoms with Gasteiger partial charge in [-0.2, -0.15) is 0 Å². The largest absolute Gasteiger partial charge is 0.301 e. The highest BCUT2D eigenvalue weighted by Gasteiger charge is 2.39. The summed E-state index contributed by atoms with van der Waals surface area (Å²) in [5.74, 6) is 0.910. The minimum Gasteiger partial charge on any atom is -0.301 e. The highest BCUT2D eigenvalue weighted by atomic mass is 15.2. The van der Waals surface area contributed by atoms with E-state index in [9.17, 15) is 0 Å². The van der Waals surface area contributed by atoms with Gasteiger partial charge in [0.2, 0.25) is 0 Å². The van der Waals surface area contributed by atoms with Crippen LogP contribution < -0.4 is 0 Å². The number of nitrogens with zero attached hydrogens (tertiary/aromatic N) is 1. The van der Waals surface area contributed by atoms with Gasteiger partial charge in [-0.1, -0.05) is 20.8 Å². The minimum absolute atomic E-state index is 0.750. The third kappa shape index (κ3) is 4.14. The molecule has 0 N–H and O–H groups in total. The maximum absolute atomic E-state index is 2.53. The fourth-order valence-corrected chi connectivity index (χ4v) is 2.03. The van der Waals surface area contributed by atoms with Crippen LogP contribution in [0.4, 0.5) is 0 Å². The monoisotopic (exact) mass is 211 g/mol. The van der Waals surface area contributed by atoms with Gasteiger partial charge < -0.3 is 4.90 Å². The second kappa shape index (κ2) is 5.34. The average Bonchev–Trinajstić information content (AvgIpc) is 2.70. The van der Waals surface area contributed by atoms with Gasteiger partial charge in [-0.15, -0.1) is 0 Å². The van der Waals surface area contributed by atoms with Gasteiger partial charge in [0.15, 0.2) is 0 Å². The molecule has 0 aromatic heterocycles. The smallest absolute Gasteiger partial charge is 0.00385 e. The van der Waals surface area contributed by atoms with E-state index in [0.717, 1.165) is 17.4 Å². The molecule has 0 amide bonds. The average molecular weight is 211 g/mol. The van der Waals surface area contributed by atoms with Crippen LogP contribution in [-0.2, 0) is 0 Å². The number of hydrogen-bond acceptors (Lipinski definition) is 1. The molecule has 2 fully saturated rings. The van der Waals surface area contributed by atoms with Crippen LogP contribution in [-0.4, -0.2) is 24.0 Å². The Morgan fingerprint density at radius 3 is 1.53 bits per heavy atom. The fourth-order valence-electron chi connectivity index (χ4n) is 2.03. The van der Waals surface area contributed by atoms with Crippen molar-refractivity contribution in [1.29, 1.82) is 0 Å². The van der Waals surface area contributed by atoms with E-state index >= 15 is 0 Å². The van der Waals surface area contributed by atoms with Crippen LogP contribution in [0.3, 0.4) is 0 Å². The molecule has 1 aliphatic carbocycles.